The quantitative estimate of drug-likeness (QED) is 0.689. The highest BCUT2D eigenvalue weighted by Gasteiger charge is 2.02. The molecule has 0 amide bonds. The molecule has 1 atom stereocenters. The Hall–Kier alpha value is -0.640. The highest BCUT2D eigenvalue weighted by Crippen LogP contribution is 2.12. The lowest BCUT2D eigenvalue weighted by Crippen LogP contribution is -2.20. The molecule has 4 heteroatoms. The van der Waals surface area contributed by atoms with Crippen LogP contribution in [0.15, 0.2) is 18.5 Å². The Morgan fingerprint density at radius 1 is 1.55 bits per heavy atom. The third-order valence-corrected chi connectivity index (χ3v) is 1.61. The predicted molar refractivity (Wildman–Crippen MR) is 45.2 cm³/mol. The van der Waals surface area contributed by atoms with Crippen LogP contribution in [0.2, 0.25) is 5.02 Å². The minimum atomic E-state index is -0.166. The summed E-state index contributed by atoms with van der Waals surface area (Å²) in [6.45, 7) is 0.405. The van der Waals surface area contributed by atoms with Crippen molar-refractivity contribution in [3.63, 3.8) is 0 Å². The van der Waals surface area contributed by atoms with Gasteiger partial charge in [0.2, 0.25) is 0 Å². The fraction of sp³-hybridized carbons (Fsp3) is 0.286. The fourth-order valence-electron chi connectivity index (χ4n) is 0.767. The zero-order valence-corrected chi connectivity index (χ0v) is 6.75. The van der Waals surface area contributed by atoms with E-state index in [0.717, 1.165) is 5.56 Å². The maximum Gasteiger partial charge on any atom is 0.0592 e. The molecule has 3 nitrogen and oxygen atoms in total. The average Bonchev–Trinajstić information content (AvgIpc) is 2.03. The second-order valence-electron chi connectivity index (χ2n) is 2.28. The molecule has 11 heavy (non-hydrogen) atoms. The molecule has 4 N–H and O–H groups in total. The summed E-state index contributed by atoms with van der Waals surface area (Å²) < 4.78 is 0. The summed E-state index contributed by atoms with van der Waals surface area (Å²) in [7, 11) is 0. The lowest BCUT2D eigenvalue weighted by molar-refractivity contribution is 0.733. The lowest BCUT2D eigenvalue weighted by atomic mass is 10.1. The Bertz CT molecular complexity index is 239. The van der Waals surface area contributed by atoms with Crippen molar-refractivity contribution in [2.45, 2.75) is 6.04 Å². The molecule has 1 aromatic rings. The maximum atomic E-state index is 5.69. The van der Waals surface area contributed by atoms with Gasteiger partial charge in [-0.1, -0.05) is 11.6 Å². The molecule has 1 heterocycles. The number of nitrogens with zero attached hydrogens (tertiary/aromatic N) is 1. The van der Waals surface area contributed by atoms with Gasteiger partial charge in [0, 0.05) is 25.0 Å². The van der Waals surface area contributed by atoms with Crippen LogP contribution in [0, 0.1) is 0 Å². The summed E-state index contributed by atoms with van der Waals surface area (Å²) >= 11 is 5.69. The van der Waals surface area contributed by atoms with E-state index in [1.54, 1.807) is 18.5 Å². The smallest absolute Gasteiger partial charge is 0.0592 e. The molecule has 0 saturated heterocycles. The first-order valence-corrected chi connectivity index (χ1v) is 3.68. The molecule has 0 spiro atoms. The van der Waals surface area contributed by atoms with Crippen molar-refractivity contribution < 1.29 is 0 Å². The number of hydrogen-bond donors (Lipinski definition) is 2. The van der Waals surface area contributed by atoms with E-state index in [-0.39, 0.29) is 6.04 Å². The van der Waals surface area contributed by atoms with Gasteiger partial charge in [-0.25, -0.2) is 0 Å². The van der Waals surface area contributed by atoms with Crippen LogP contribution in [0.3, 0.4) is 0 Å². The first kappa shape index (κ1) is 8.46. The summed E-state index contributed by atoms with van der Waals surface area (Å²) in [6.07, 6.45) is 3.23. The molecular weight excluding hydrogens is 162 g/mol. The van der Waals surface area contributed by atoms with Crippen LogP contribution in [0.1, 0.15) is 11.6 Å². The van der Waals surface area contributed by atoms with Gasteiger partial charge < -0.3 is 11.5 Å². The molecule has 0 fully saturated rings. The lowest BCUT2D eigenvalue weighted by Gasteiger charge is -2.07. The van der Waals surface area contributed by atoms with Gasteiger partial charge in [-0.15, -0.1) is 0 Å². The Morgan fingerprint density at radius 3 is 2.82 bits per heavy atom. The van der Waals surface area contributed by atoms with Gasteiger partial charge in [0.05, 0.1) is 5.02 Å². The Morgan fingerprint density at radius 2 is 2.27 bits per heavy atom. The van der Waals surface area contributed by atoms with E-state index in [9.17, 15) is 0 Å². The van der Waals surface area contributed by atoms with Crippen LogP contribution in [0.4, 0.5) is 0 Å². The van der Waals surface area contributed by atoms with Gasteiger partial charge in [0.1, 0.15) is 0 Å². The molecule has 0 aliphatic rings. The van der Waals surface area contributed by atoms with E-state index < -0.39 is 0 Å². The van der Waals surface area contributed by atoms with Crippen molar-refractivity contribution in [1.29, 1.82) is 0 Å². The zero-order chi connectivity index (χ0) is 8.27. The monoisotopic (exact) mass is 171 g/mol. The normalized spacial score (nSPS) is 13.0. The molecule has 1 rings (SSSR count). The van der Waals surface area contributed by atoms with E-state index in [1.165, 1.54) is 0 Å². The Labute approximate surface area is 70.4 Å². The number of halogens is 1. The zero-order valence-electron chi connectivity index (χ0n) is 6.00. The molecule has 0 unspecified atom stereocenters. The van der Waals surface area contributed by atoms with Crippen molar-refractivity contribution in [1.82, 2.24) is 4.98 Å². The number of pyridine rings is 1. The van der Waals surface area contributed by atoms with Crippen molar-refractivity contribution in [2.75, 3.05) is 6.54 Å². The molecule has 0 aromatic carbocycles. The standard InChI is InChI=1S/C7H10ClN3/c8-6-1-5(3-11-4-6)7(10)2-9/h1,3-4,7H,2,9-10H2/t7-/m1/s1. The summed E-state index contributed by atoms with van der Waals surface area (Å²) in [5.41, 5.74) is 11.9. The number of hydrogen-bond acceptors (Lipinski definition) is 3. The number of rotatable bonds is 2. The van der Waals surface area contributed by atoms with Crippen LogP contribution >= 0.6 is 11.6 Å². The third kappa shape index (κ3) is 2.15. The first-order valence-electron chi connectivity index (χ1n) is 3.30. The van der Waals surface area contributed by atoms with Gasteiger partial charge >= 0.3 is 0 Å². The van der Waals surface area contributed by atoms with E-state index in [4.69, 9.17) is 23.1 Å². The molecule has 60 valence electrons. The topological polar surface area (TPSA) is 64.9 Å². The average molecular weight is 172 g/mol. The van der Waals surface area contributed by atoms with Gasteiger partial charge in [-0.05, 0) is 11.6 Å². The molecular formula is C7H10ClN3. The minimum Gasteiger partial charge on any atom is -0.329 e. The summed E-state index contributed by atoms with van der Waals surface area (Å²) in [4.78, 5) is 3.89. The summed E-state index contributed by atoms with van der Waals surface area (Å²) in [6, 6.07) is 1.60. The second kappa shape index (κ2) is 3.67. The van der Waals surface area contributed by atoms with Gasteiger partial charge in [-0.2, -0.15) is 0 Å². The minimum absolute atomic E-state index is 0.166. The van der Waals surface area contributed by atoms with Crippen LogP contribution < -0.4 is 11.5 Å². The van der Waals surface area contributed by atoms with Crippen LogP contribution in [-0.4, -0.2) is 11.5 Å². The Balaban J connectivity index is 2.86. The van der Waals surface area contributed by atoms with E-state index in [1.807, 2.05) is 0 Å². The molecule has 0 saturated carbocycles. The van der Waals surface area contributed by atoms with E-state index in [0.29, 0.717) is 11.6 Å². The molecule has 0 radical (unpaired) electrons. The summed E-state index contributed by atoms with van der Waals surface area (Å²) in [5, 5.41) is 0.589. The van der Waals surface area contributed by atoms with Crippen molar-refractivity contribution in [2.24, 2.45) is 11.5 Å². The van der Waals surface area contributed by atoms with Crippen molar-refractivity contribution >= 4 is 11.6 Å². The molecule has 1 aromatic heterocycles. The van der Waals surface area contributed by atoms with E-state index in [2.05, 4.69) is 4.98 Å². The van der Waals surface area contributed by atoms with Gasteiger partial charge in [0.15, 0.2) is 0 Å². The summed E-state index contributed by atoms with van der Waals surface area (Å²) in [5.74, 6) is 0. The first-order chi connectivity index (χ1) is 5.24. The van der Waals surface area contributed by atoms with Gasteiger partial charge in [-0.3, -0.25) is 4.98 Å². The highest BCUT2D eigenvalue weighted by atomic mass is 35.5. The largest absolute Gasteiger partial charge is 0.329 e. The molecule has 0 aliphatic carbocycles. The van der Waals surface area contributed by atoms with Crippen molar-refractivity contribution in [3.8, 4) is 0 Å². The molecule has 0 aliphatic heterocycles. The highest BCUT2D eigenvalue weighted by molar-refractivity contribution is 6.30. The third-order valence-electron chi connectivity index (χ3n) is 1.41. The van der Waals surface area contributed by atoms with Crippen LogP contribution in [0.25, 0.3) is 0 Å². The SMILES string of the molecule is NC[C@@H](N)c1cncc(Cl)c1. The van der Waals surface area contributed by atoms with Crippen molar-refractivity contribution in [3.05, 3.63) is 29.0 Å². The second-order valence-corrected chi connectivity index (χ2v) is 2.72. The Kier molecular flexibility index (Phi) is 2.82. The number of nitrogens with two attached hydrogens (primary N) is 2. The fourth-order valence-corrected chi connectivity index (χ4v) is 0.949. The maximum absolute atomic E-state index is 5.69. The van der Waals surface area contributed by atoms with E-state index >= 15 is 0 Å². The van der Waals surface area contributed by atoms with Crippen LogP contribution in [0.5, 0.6) is 0 Å². The molecule has 0 bridgehead atoms. The van der Waals surface area contributed by atoms with Crippen LogP contribution in [-0.2, 0) is 0 Å². The predicted octanol–water partition coefficient (Wildman–Crippen LogP) is 0.694. The number of aromatic nitrogens is 1. The van der Waals surface area contributed by atoms with Gasteiger partial charge in [0.25, 0.3) is 0 Å².